The molecule has 2 aliphatic rings. The summed E-state index contributed by atoms with van der Waals surface area (Å²) in [6.07, 6.45) is 1.16. The van der Waals surface area contributed by atoms with Gasteiger partial charge in [0.25, 0.3) is 0 Å². The summed E-state index contributed by atoms with van der Waals surface area (Å²) in [5.41, 5.74) is 0. The molecule has 3 atom stereocenters. The van der Waals surface area contributed by atoms with Gasteiger partial charge in [-0.15, -0.1) is 0 Å². The summed E-state index contributed by atoms with van der Waals surface area (Å²) in [5, 5.41) is 2.92. The van der Waals surface area contributed by atoms with Crippen LogP contribution in [0.2, 0.25) is 0 Å². The molecule has 20 heavy (non-hydrogen) atoms. The molecule has 0 saturated carbocycles. The van der Waals surface area contributed by atoms with Gasteiger partial charge in [0, 0.05) is 6.54 Å². The van der Waals surface area contributed by atoms with Crippen molar-refractivity contribution in [2.75, 3.05) is 18.1 Å². The van der Waals surface area contributed by atoms with Gasteiger partial charge in [0.1, 0.15) is 12.1 Å². The number of carbonyl (C=O) groups is 2. The number of hydrogen-bond donors (Lipinski definition) is 1. The molecule has 0 aliphatic carbocycles. The number of nitrogens with zero attached hydrogens (tertiary/aromatic N) is 1. The molecule has 4 nitrogen and oxygen atoms in total. The Bertz CT molecular complexity index is 378. The summed E-state index contributed by atoms with van der Waals surface area (Å²) >= 11 is 1.95. The number of thioether (sulfide) groups is 1. The second-order valence-electron chi connectivity index (χ2n) is 6.64. The minimum Gasteiger partial charge on any atom is -0.342 e. The molecule has 5 heteroatoms. The zero-order valence-corrected chi connectivity index (χ0v) is 13.7. The number of hydrogen-bond acceptors (Lipinski definition) is 3. The van der Waals surface area contributed by atoms with Crippen molar-refractivity contribution in [3.05, 3.63) is 0 Å². The molecule has 2 heterocycles. The highest BCUT2D eigenvalue weighted by Crippen LogP contribution is 2.28. The Morgan fingerprint density at radius 3 is 2.45 bits per heavy atom. The Morgan fingerprint density at radius 1 is 1.25 bits per heavy atom. The lowest BCUT2D eigenvalue weighted by atomic mass is 9.91. The third kappa shape index (κ3) is 3.13. The molecule has 0 aromatic heterocycles. The van der Waals surface area contributed by atoms with E-state index in [2.05, 4.69) is 5.32 Å². The lowest BCUT2D eigenvalue weighted by Gasteiger charge is -2.43. The van der Waals surface area contributed by atoms with Crippen LogP contribution in [-0.2, 0) is 9.59 Å². The third-order valence-electron chi connectivity index (χ3n) is 4.23. The van der Waals surface area contributed by atoms with Crippen LogP contribution in [0.5, 0.6) is 0 Å². The van der Waals surface area contributed by atoms with E-state index in [4.69, 9.17) is 0 Å². The van der Waals surface area contributed by atoms with E-state index in [1.165, 1.54) is 5.75 Å². The van der Waals surface area contributed by atoms with Crippen LogP contribution in [0.3, 0.4) is 0 Å². The Labute approximate surface area is 126 Å². The summed E-state index contributed by atoms with van der Waals surface area (Å²) in [5.74, 6) is 3.26. The van der Waals surface area contributed by atoms with E-state index >= 15 is 0 Å². The fraction of sp³-hybridized carbons (Fsp3) is 0.867. The van der Waals surface area contributed by atoms with Crippen LogP contribution in [-0.4, -0.2) is 46.8 Å². The average molecular weight is 298 g/mol. The van der Waals surface area contributed by atoms with Crippen LogP contribution in [0.1, 0.15) is 34.1 Å². The standard InChI is InChI=1S/C15H26N2O2S/c1-9(2)12-15(19)17(7-11-5-6-20-8-11)13(10(3)4)14(18)16-12/h9-13H,5-8H2,1-4H3,(H,16,18). The highest BCUT2D eigenvalue weighted by atomic mass is 32.2. The maximum absolute atomic E-state index is 12.7. The summed E-state index contributed by atoms with van der Waals surface area (Å²) < 4.78 is 0. The first kappa shape index (κ1) is 15.7. The van der Waals surface area contributed by atoms with Gasteiger partial charge < -0.3 is 10.2 Å². The molecule has 2 rings (SSSR count). The van der Waals surface area contributed by atoms with Gasteiger partial charge in [-0.3, -0.25) is 9.59 Å². The second kappa shape index (κ2) is 6.37. The molecule has 0 bridgehead atoms. The molecule has 0 aromatic carbocycles. The predicted molar refractivity (Wildman–Crippen MR) is 82.5 cm³/mol. The zero-order chi connectivity index (χ0) is 14.9. The van der Waals surface area contributed by atoms with Crippen molar-refractivity contribution in [2.45, 2.75) is 46.2 Å². The van der Waals surface area contributed by atoms with Crippen LogP contribution in [0.15, 0.2) is 0 Å². The monoisotopic (exact) mass is 298 g/mol. The van der Waals surface area contributed by atoms with Crippen LogP contribution >= 0.6 is 11.8 Å². The number of carbonyl (C=O) groups excluding carboxylic acids is 2. The summed E-state index contributed by atoms with van der Waals surface area (Å²) in [4.78, 5) is 27.0. The lowest BCUT2D eigenvalue weighted by Crippen LogP contribution is -2.66. The fourth-order valence-electron chi connectivity index (χ4n) is 3.08. The number of nitrogens with one attached hydrogen (secondary N) is 1. The Kier molecular flexibility index (Phi) is 4.99. The largest absolute Gasteiger partial charge is 0.342 e. The smallest absolute Gasteiger partial charge is 0.246 e. The summed E-state index contributed by atoms with van der Waals surface area (Å²) in [6, 6.07) is -0.658. The Morgan fingerprint density at radius 2 is 1.95 bits per heavy atom. The molecule has 0 radical (unpaired) electrons. The Hall–Kier alpha value is -0.710. The average Bonchev–Trinajstić information content (AvgIpc) is 2.85. The van der Waals surface area contributed by atoms with E-state index < -0.39 is 0 Å². The van der Waals surface area contributed by atoms with Gasteiger partial charge in [-0.2, -0.15) is 11.8 Å². The highest BCUT2D eigenvalue weighted by molar-refractivity contribution is 7.99. The van der Waals surface area contributed by atoms with Gasteiger partial charge in [-0.25, -0.2) is 0 Å². The molecular weight excluding hydrogens is 272 g/mol. The molecule has 0 spiro atoms. The van der Waals surface area contributed by atoms with Gasteiger partial charge in [0.15, 0.2) is 0 Å². The van der Waals surface area contributed by atoms with Gasteiger partial charge in [-0.05, 0) is 35.7 Å². The van der Waals surface area contributed by atoms with E-state index in [1.54, 1.807) is 0 Å². The van der Waals surface area contributed by atoms with E-state index in [0.29, 0.717) is 5.92 Å². The number of piperazine rings is 1. The third-order valence-corrected chi connectivity index (χ3v) is 5.46. The molecule has 2 fully saturated rings. The second-order valence-corrected chi connectivity index (χ2v) is 7.79. The van der Waals surface area contributed by atoms with Gasteiger partial charge in [0.05, 0.1) is 0 Å². The van der Waals surface area contributed by atoms with E-state index in [-0.39, 0.29) is 35.7 Å². The van der Waals surface area contributed by atoms with Crippen molar-refractivity contribution < 1.29 is 9.59 Å². The number of rotatable bonds is 4. The lowest BCUT2D eigenvalue weighted by molar-refractivity contribution is -0.153. The molecule has 2 saturated heterocycles. The van der Waals surface area contributed by atoms with Gasteiger partial charge >= 0.3 is 0 Å². The fourth-order valence-corrected chi connectivity index (χ4v) is 4.35. The minimum atomic E-state index is -0.355. The van der Waals surface area contributed by atoms with E-state index in [9.17, 15) is 9.59 Å². The maximum Gasteiger partial charge on any atom is 0.246 e. The SMILES string of the molecule is CC(C)C1NC(=O)C(C(C)C)N(CC2CCSC2)C1=O. The van der Waals surface area contributed by atoms with Crippen LogP contribution in [0, 0.1) is 17.8 Å². The summed E-state index contributed by atoms with van der Waals surface area (Å²) in [6.45, 7) is 8.75. The van der Waals surface area contributed by atoms with Crippen LogP contribution in [0.25, 0.3) is 0 Å². The topological polar surface area (TPSA) is 49.4 Å². The molecule has 1 N–H and O–H groups in total. The molecule has 3 unspecified atom stereocenters. The molecule has 0 aromatic rings. The van der Waals surface area contributed by atoms with Crippen molar-refractivity contribution in [1.29, 1.82) is 0 Å². The van der Waals surface area contributed by atoms with Crippen molar-refractivity contribution in [1.82, 2.24) is 10.2 Å². The van der Waals surface area contributed by atoms with Crippen molar-refractivity contribution >= 4 is 23.6 Å². The predicted octanol–water partition coefficient (Wildman–Crippen LogP) is 1.75. The first-order valence-electron chi connectivity index (χ1n) is 7.60. The highest BCUT2D eigenvalue weighted by Gasteiger charge is 2.43. The number of amides is 2. The van der Waals surface area contributed by atoms with Gasteiger partial charge in [0.2, 0.25) is 11.8 Å². The quantitative estimate of drug-likeness (QED) is 0.860. The Balaban J connectivity index is 2.18. The van der Waals surface area contributed by atoms with Crippen LogP contribution < -0.4 is 5.32 Å². The molecule has 114 valence electrons. The van der Waals surface area contributed by atoms with Crippen LogP contribution in [0.4, 0.5) is 0 Å². The van der Waals surface area contributed by atoms with Crippen molar-refractivity contribution in [3.8, 4) is 0 Å². The van der Waals surface area contributed by atoms with Gasteiger partial charge in [-0.1, -0.05) is 27.7 Å². The van der Waals surface area contributed by atoms with Crippen molar-refractivity contribution in [3.63, 3.8) is 0 Å². The first-order chi connectivity index (χ1) is 9.41. The van der Waals surface area contributed by atoms with Crippen molar-refractivity contribution in [2.24, 2.45) is 17.8 Å². The summed E-state index contributed by atoms with van der Waals surface area (Å²) in [7, 11) is 0. The first-order valence-corrected chi connectivity index (χ1v) is 8.76. The maximum atomic E-state index is 12.7. The van der Waals surface area contributed by atoms with E-state index in [0.717, 1.165) is 18.7 Å². The van der Waals surface area contributed by atoms with E-state index in [1.807, 2.05) is 44.4 Å². The minimum absolute atomic E-state index is 0.0175. The zero-order valence-electron chi connectivity index (χ0n) is 12.9. The molecule has 2 aliphatic heterocycles. The molecule has 2 amide bonds. The molecular formula is C15H26N2O2S. The normalized spacial score (nSPS) is 31.3.